The zero-order chi connectivity index (χ0) is 34.5. The van der Waals surface area contributed by atoms with Crippen molar-refractivity contribution in [3.63, 3.8) is 0 Å². The van der Waals surface area contributed by atoms with Gasteiger partial charge in [-0.2, -0.15) is 0 Å². The highest BCUT2D eigenvalue weighted by Crippen LogP contribution is 2.30. The third kappa shape index (κ3) is 12.1. The van der Waals surface area contributed by atoms with Gasteiger partial charge in [0.2, 0.25) is 5.78 Å². The predicted octanol–water partition coefficient (Wildman–Crippen LogP) is 7.07. The van der Waals surface area contributed by atoms with E-state index in [2.05, 4.69) is 26.0 Å². The zero-order valence-electron chi connectivity index (χ0n) is 29.5. The normalized spacial score (nSPS) is 35.9. The Balaban J connectivity index is 1.75. The Bertz CT molecular complexity index is 1240. The van der Waals surface area contributed by atoms with Gasteiger partial charge in [0.15, 0.2) is 0 Å². The minimum Gasteiger partial charge on any atom is -0.464 e. The highest BCUT2D eigenvalue weighted by Gasteiger charge is 2.42. The number of esters is 1. The molecule has 0 aromatic carbocycles. The van der Waals surface area contributed by atoms with E-state index in [9.17, 15) is 24.0 Å². The number of hydrogen-bond donors (Lipinski definition) is 0. The van der Waals surface area contributed by atoms with E-state index in [1.165, 1.54) is 10.5 Å². The van der Waals surface area contributed by atoms with Crippen LogP contribution in [0.2, 0.25) is 0 Å². The first-order chi connectivity index (χ1) is 22.4. The van der Waals surface area contributed by atoms with Gasteiger partial charge in [-0.3, -0.25) is 19.2 Å². The molecule has 0 radical (unpaired) electrons. The van der Waals surface area contributed by atoms with Crippen molar-refractivity contribution in [2.45, 2.75) is 130 Å². The summed E-state index contributed by atoms with van der Waals surface area (Å²) in [7, 11) is 0. The largest absolute Gasteiger partial charge is 0.464 e. The molecule has 2 saturated heterocycles. The van der Waals surface area contributed by atoms with Crippen molar-refractivity contribution >= 4 is 29.2 Å². The Morgan fingerprint density at radius 2 is 1.53 bits per heavy atom. The summed E-state index contributed by atoms with van der Waals surface area (Å²) >= 11 is 0. The lowest BCUT2D eigenvalue weighted by atomic mass is 9.88. The van der Waals surface area contributed by atoms with Gasteiger partial charge < -0.3 is 14.4 Å². The number of nitrogens with zero attached hydrogens (tertiary/aromatic N) is 1. The van der Waals surface area contributed by atoms with E-state index in [0.29, 0.717) is 32.2 Å². The summed E-state index contributed by atoms with van der Waals surface area (Å²) in [6.45, 7) is 12.1. The number of ether oxygens (including phenoxy) is 2. The number of fused-ring (bicyclic) bond motifs is 3. The number of cyclic esters (lactones) is 1. The van der Waals surface area contributed by atoms with E-state index in [1.807, 2.05) is 52.0 Å². The molecule has 0 spiro atoms. The summed E-state index contributed by atoms with van der Waals surface area (Å²) in [6.07, 6.45) is 18.1. The number of carbonyl (C=O) groups excluding carboxylic acids is 5. The number of Topliss-reactive ketones (excluding diaryl/α,β-unsaturated/α-hetero) is 3. The van der Waals surface area contributed by atoms with E-state index >= 15 is 0 Å². The van der Waals surface area contributed by atoms with E-state index in [0.717, 1.165) is 44.1 Å². The van der Waals surface area contributed by atoms with E-state index < -0.39 is 29.8 Å². The molecular weight excluding hydrogens is 594 g/mol. The predicted molar refractivity (Wildman–Crippen MR) is 183 cm³/mol. The maximum atomic E-state index is 13.5. The molecule has 3 heterocycles. The lowest BCUT2D eigenvalue weighted by Gasteiger charge is -2.37. The van der Waals surface area contributed by atoms with Crippen molar-refractivity contribution in [3.05, 3.63) is 47.6 Å². The van der Waals surface area contributed by atoms with E-state index in [1.54, 1.807) is 0 Å². The number of hydrogen-bond acceptors (Lipinski definition) is 7. The molecule has 0 N–H and O–H groups in total. The van der Waals surface area contributed by atoms with E-state index in [4.69, 9.17) is 9.47 Å². The first-order valence-corrected chi connectivity index (χ1v) is 17.8. The van der Waals surface area contributed by atoms with Crippen LogP contribution in [0.4, 0.5) is 0 Å². The van der Waals surface area contributed by atoms with Crippen molar-refractivity contribution in [1.82, 2.24) is 4.90 Å². The van der Waals surface area contributed by atoms with Crippen LogP contribution < -0.4 is 0 Å². The number of carbonyl (C=O) groups is 5. The first kappa shape index (κ1) is 38.3. The molecule has 260 valence electrons. The maximum absolute atomic E-state index is 13.5. The fourth-order valence-electron chi connectivity index (χ4n) is 6.75. The van der Waals surface area contributed by atoms with Crippen LogP contribution >= 0.6 is 0 Å². The van der Waals surface area contributed by atoms with Gasteiger partial charge in [-0.1, -0.05) is 75.3 Å². The average Bonchev–Trinajstić information content (AvgIpc) is 3.05. The van der Waals surface area contributed by atoms with Crippen LogP contribution in [-0.2, 0) is 33.4 Å². The summed E-state index contributed by atoms with van der Waals surface area (Å²) in [4.78, 5) is 67.2. The van der Waals surface area contributed by atoms with Gasteiger partial charge >= 0.3 is 5.97 Å². The van der Waals surface area contributed by atoms with Gasteiger partial charge in [0, 0.05) is 31.2 Å². The van der Waals surface area contributed by atoms with Gasteiger partial charge in [-0.25, -0.2) is 4.79 Å². The molecule has 2 bridgehead atoms. The minimum absolute atomic E-state index is 0.0476. The van der Waals surface area contributed by atoms with Crippen molar-refractivity contribution in [2.75, 3.05) is 13.2 Å². The molecule has 8 nitrogen and oxygen atoms in total. The Hall–Kier alpha value is -3.13. The molecule has 8 heteroatoms. The van der Waals surface area contributed by atoms with Crippen LogP contribution in [-0.4, -0.2) is 65.5 Å². The topological polar surface area (TPSA) is 107 Å². The Kier molecular flexibility index (Phi) is 15.5. The molecule has 7 atom stereocenters. The molecule has 3 aliphatic rings. The number of ketones is 3. The van der Waals surface area contributed by atoms with Gasteiger partial charge in [0.1, 0.15) is 23.7 Å². The van der Waals surface area contributed by atoms with Crippen molar-refractivity contribution < 1.29 is 33.4 Å². The molecule has 47 heavy (non-hydrogen) atoms. The molecule has 1 amide bonds. The third-order valence-electron chi connectivity index (χ3n) is 9.88. The molecule has 0 aliphatic carbocycles. The summed E-state index contributed by atoms with van der Waals surface area (Å²) in [5.74, 6) is -1.95. The van der Waals surface area contributed by atoms with Crippen LogP contribution in [0.25, 0.3) is 0 Å². The summed E-state index contributed by atoms with van der Waals surface area (Å²) in [6, 6.07) is -0.848. The number of amides is 1. The highest BCUT2D eigenvalue weighted by molar-refractivity contribution is 6.38. The van der Waals surface area contributed by atoms with Crippen LogP contribution in [0.3, 0.4) is 0 Å². The second-order valence-electron chi connectivity index (χ2n) is 14.2. The van der Waals surface area contributed by atoms with E-state index in [-0.39, 0.29) is 54.4 Å². The second-order valence-corrected chi connectivity index (χ2v) is 14.2. The summed E-state index contributed by atoms with van der Waals surface area (Å²) in [5.41, 5.74) is 2.18. The van der Waals surface area contributed by atoms with Crippen LogP contribution in [0.15, 0.2) is 47.6 Å². The highest BCUT2D eigenvalue weighted by atomic mass is 16.5. The zero-order valence-corrected chi connectivity index (χ0v) is 29.5. The number of piperidine rings is 1. The quantitative estimate of drug-likeness (QED) is 0.157. The lowest BCUT2D eigenvalue weighted by molar-refractivity contribution is -0.166. The van der Waals surface area contributed by atoms with Crippen LogP contribution in [0.1, 0.15) is 112 Å². The summed E-state index contributed by atoms with van der Waals surface area (Å²) in [5, 5.41) is 0. The SMILES string of the molecule is C/C1=C/C(C)C(=O)CCOC(=O)C2CCCCN2C(=O)C(=O)C2OC(CC\C(C)=C/C=C\C=C/C(C)CC(C)C(=O)CC1)CCC2C. The van der Waals surface area contributed by atoms with Crippen molar-refractivity contribution in [3.8, 4) is 0 Å². The fraction of sp³-hybridized carbons (Fsp3) is 0.667. The Labute approximate surface area is 282 Å². The van der Waals surface area contributed by atoms with Gasteiger partial charge in [0.05, 0.1) is 12.7 Å². The molecule has 0 saturated carbocycles. The summed E-state index contributed by atoms with van der Waals surface area (Å²) < 4.78 is 11.7. The average molecular weight is 652 g/mol. The molecule has 0 aromatic heterocycles. The molecule has 7 unspecified atom stereocenters. The fourth-order valence-corrected chi connectivity index (χ4v) is 6.75. The Morgan fingerprint density at radius 3 is 2.30 bits per heavy atom. The number of allylic oxidation sites excluding steroid dienone is 8. The molecular formula is C39H57NO7. The standard InChI is InChI=1S/C39H57NO7/c1-26-12-8-7-9-13-27(2)24-30(5)34(41)20-16-28(3)25-31(6)35(42)21-23-46-39(45)33-14-10-11-22-40(33)38(44)36(43)37-29(4)17-19-32(47-37)18-15-26/h7-9,12-13,25,27,29-33,37H,10-11,14-24H2,1-6H3/b8-7-,13-9-,26-12-,28-25-. The van der Waals surface area contributed by atoms with Gasteiger partial charge in [-0.15, -0.1) is 0 Å². The third-order valence-corrected chi connectivity index (χ3v) is 9.88. The first-order valence-electron chi connectivity index (χ1n) is 17.8. The molecule has 0 aromatic rings. The van der Waals surface area contributed by atoms with Gasteiger partial charge in [-0.05, 0) is 83.5 Å². The van der Waals surface area contributed by atoms with Gasteiger partial charge in [0.25, 0.3) is 5.91 Å². The molecule has 3 rings (SSSR count). The van der Waals surface area contributed by atoms with Crippen molar-refractivity contribution in [1.29, 1.82) is 0 Å². The molecule has 2 fully saturated rings. The van der Waals surface area contributed by atoms with Crippen LogP contribution in [0, 0.1) is 23.7 Å². The molecule has 3 aliphatic heterocycles. The Morgan fingerprint density at radius 1 is 0.766 bits per heavy atom. The smallest absolute Gasteiger partial charge is 0.328 e. The minimum atomic E-state index is -0.848. The number of rotatable bonds is 0. The van der Waals surface area contributed by atoms with Crippen LogP contribution in [0.5, 0.6) is 0 Å². The lowest BCUT2D eigenvalue weighted by Crippen LogP contribution is -2.54. The maximum Gasteiger partial charge on any atom is 0.328 e. The van der Waals surface area contributed by atoms with Crippen molar-refractivity contribution in [2.24, 2.45) is 23.7 Å². The monoisotopic (exact) mass is 651 g/mol. The second kappa shape index (κ2) is 19.0.